The Morgan fingerprint density at radius 3 is 2.57 bits per heavy atom. The first-order valence-electron chi connectivity index (χ1n) is 5.94. The predicted octanol–water partition coefficient (Wildman–Crippen LogP) is 4.87. The van der Waals surface area contributed by atoms with Crippen LogP contribution in [-0.4, -0.2) is 0 Å². The summed E-state index contributed by atoms with van der Waals surface area (Å²) in [5.74, 6) is 0. The van der Waals surface area contributed by atoms with Crippen LogP contribution in [0.25, 0.3) is 0 Å². The van der Waals surface area contributed by atoms with Crippen LogP contribution in [0, 0.1) is 5.41 Å². The van der Waals surface area contributed by atoms with Crippen LogP contribution in [0.15, 0.2) is 23.3 Å². The lowest BCUT2D eigenvalue weighted by molar-refractivity contribution is 0.479. The molecular weight excluding hydrogens is 168 g/mol. The fourth-order valence-corrected chi connectivity index (χ4v) is 1.91. The normalized spacial score (nSPS) is 17.7. The molecule has 1 aliphatic rings. The lowest BCUT2D eigenvalue weighted by atomic mass is 9.80. The Hall–Kier alpha value is -0.520. The van der Waals surface area contributed by atoms with Crippen molar-refractivity contribution >= 4 is 0 Å². The Balaban J connectivity index is 2.63. The number of rotatable bonds is 3. The smallest absolute Gasteiger partial charge is 0.0170 e. The Kier molecular flexibility index (Phi) is 3.97. The van der Waals surface area contributed by atoms with Crippen molar-refractivity contribution in [2.75, 3.05) is 0 Å². The molecule has 0 aromatic carbocycles. The molecule has 0 aromatic rings. The van der Waals surface area contributed by atoms with Gasteiger partial charge in [-0.1, -0.05) is 57.4 Å². The summed E-state index contributed by atoms with van der Waals surface area (Å²) in [6, 6.07) is 0. The molecule has 0 radical (unpaired) electrons. The van der Waals surface area contributed by atoms with E-state index in [1.807, 2.05) is 0 Å². The van der Waals surface area contributed by atoms with Crippen molar-refractivity contribution in [3.63, 3.8) is 0 Å². The molecule has 1 rings (SSSR count). The molecule has 0 aliphatic heterocycles. The van der Waals surface area contributed by atoms with Crippen LogP contribution >= 0.6 is 0 Å². The van der Waals surface area contributed by atoms with E-state index < -0.39 is 0 Å². The van der Waals surface area contributed by atoms with Gasteiger partial charge in [-0.05, 0) is 31.1 Å². The van der Waals surface area contributed by atoms with E-state index in [0.29, 0.717) is 5.41 Å². The van der Waals surface area contributed by atoms with E-state index in [1.165, 1.54) is 32.1 Å². The van der Waals surface area contributed by atoms with E-state index in [1.54, 1.807) is 11.1 Å². The van der Waals surface area contributed by atoms with Crippen molar-refractivity contribution in [2.45, 2.75) is 59.8 Å². The molecule has 0 spiro atoms. The molecule has 0 atom stereocenters. The summed E-state index contributed by atoms with van der Waals surface area (Å²) >= 11 is 0. The van der Waals surface area contributed by atoms with Crippen molar-refractivity contribution in [3.8, 4) is 0 Å². The van der Waals surface area contributed by atoms with Crippen LogP contribution in [-0.2, 0) is 0 Å². The van der Waals surface area contributed by atoms with Gasteiger partial charge in [0.05, 0.1) is 0 Å². The largest absolute Gasteiger partial charge is 0.0810 e. The van der Waals surface area contributed by atoms with Gasteiger partial charge in [0.2, 0.25) is 0 Å². The zero-order valence-corrected chi connectivity index (χ0v) is 10.2. The zero-order chi connectivity index (χ0) is 10.6. The average molecular weight is 192 g/mol. The van der Waals surface area contributed by atoms with E-state index in [2.05, 4.69) is 39.8 Å². The molecule has 0 N–H and O–H groups in total. The Labute approximate surface area is 89.1 Å². The molecule has 0 unspecified atom stereocenters. The standard InChI is InChI=1S/C14H24/c1-5-6-8-12-9-7-10-13(11-12)14(2,3)4/h9,11H,5-8,10H2,1-4H3. The maximum atomic E-state index is 2.44. The Morgan fingerprint density at radius 1 is 1.29 bits per heavy atom. The second kappa shape index (κ2) is 4.82. The molecule has 0 saturated carbocycles. The van der Waals surface area contributed by atoms with Gasteiger partial charge in [-0.15, -0.1) is 0 Å². The lowest BCUT2D eigenvalue weighted by Gasteiger charge is -2.26. The number of hydrogen-bond acceptors (Lipinski definition) is 0. The summed E-state index contributed by atoms with van der Waals surface area (Å²) in [6.07, 6.45) is 11.3. The second-order valence-electron chi connectivity index (χ2n) is 5.34. The molecule has 0 saturated heterocycles. The van der Waals surface area contributed by atoms with Crippen molar-refractivity contribution in [1.29, 1.82) is 0 Å². The Morgan fingerprint density at radius 2 is 2.00 bits per heavy atom. The summed E-state index contributed by atoms with van der Waals surface area (Å²) in [4.78, 5) is 0. The fraction of sp³-hybridized carbons (Fsp3) is 0.714. The summed E-state index contributed by atoms with van der Waals surface area (Å²) in [6.45, 7) is 9.22. The van der Waals surface area contributed by atoms with Crippen LogP contribution in [0.1, 0.15) is 59.8 Å². The summed E-state index contributed by atoms with van der Waals surface area (Å²) in [5.41, 5.74) is 3.57. The van der Waals surface area contributed by atoms with Crippen LogP contribution in [0.2, 0.25) is 0 Å². The molecular formula is C14H24. The SMILES string of the molecule is CCCCC1=CCCC(C(C)(C)C)=C1. The highest BCUT2D eigenvalue weighted by atomic mass is 14.2. The minimum atomic E-state index is 0.367. The Bertz CT molecular complexity index is 235. The van der Waals surface area contributed by atoms with E-state index in [-0.39, 0.29) is 0 Å². The van der Waals surface area contributed by atoms with Crippen molar-refractivity contribution < 1.29 is 0 Å². The van der Waals surface area contributed by atoms with E-state index >= 15 is 0 Å². The summed E-state index contributed by atoms with van der Waals surface area (Å²) in [5, 5.41) is 0. The van der Waals surface area contributed by atoms with Crippen molar-refractivity contribution in [3.05, 3.63) is 23.3 Å². The maximum Gasteiger partial charge on any atom is -0.0170 e. The highest BCUT2D eigenvalue weighted by Crippen LogP contribution is 2.33. The molecule has 14 heavy (non-hydrogen) atoms. The lowest BCUT2D eigenvalue weighted by Crippen LogP contribution is -2.11. The molecule has 1 aliphatic carbocycles. The number of unbranched alkanes of at least 4 members (excludes halogenated alkanes) is 1. The zero-order valence-electron chi connectivity index (χ0n) is 10.2. The van der Waals surface area contributed by atoms with Gasteiger partial charge in [0, 0.05) is 0 Å². The van der Waals surface area contributed by atoms with Crippen LogP contribution in [0.4, 0.5) is 0 Å². The molecule has 0 bridgehead atoms. The summed E-state index contributed by atoms with van der Waals surface area (Å²) < 4.78 is 0. The van der Waals surface area contributed by atoms with Crippen molar-refractivity contribution in [2.24, 2.45) is 5.41 Å². The van der Waals surface area contributed by atoms with Gasteiger partial charge < -0.3 is 0 Å². The van der Waals surface area contributed by atoms with Gasteiger partial charge >= 0.3 is 0 Å². The first kappa shape index (κ1) is 11.6. The van der Waals surface area contributed by atoms with Crippen LogP contribution in [0.5, 0.6) is 0 Å². The number of allylic oxidation sites excluding steroid dienone is 4. The van der Waals surface area contributed by atoms with Gasteiger partial charge in [-0.3, -0.25) is 0 Å². The third-order valence-corrected chi connectivity index (χ3v) is 2.96. The molecule has 0 aromatic heterocycles. The summed E-state index contributed by atoms with van der Waals surface area (Å²) in [7, 11) is 0. The fourth-order valence-electron chi connectivity index (χ4n) is 1.91. The van der Waals surface area contributed by atoms with Crippen molar-refractivity contribution in [1.82, 2.24) is 0 Å². The number of hydrogen-bond donors (Lipinski definition) is 0. The van der Waals surface area contributed by atoms with Crippen LogP contribution in [0.3, 0.4) is 0 Å². The third-order valence-electron chi connectivity index (χ3n) is 2.96. The minimum Gasteiger partial charge on any atom is -0.0810 e. The molecule has 0 nitrogen and oxygen atoms in total. The molecule has 0 heteroatoms. The van der Waals surface area contributed by atoms with Gasteiger partial charge in [0.15, 0.2) is 0 Å². The molecule has 80 valence electrons. The first-order chi connectivity index (χ1) is 6.54. The molecule has 0 heterocycles. The minimum absolute atomic E-state index is 0.367. The quantitative estimate of drug-likeness (QED) is 0.598. The highest BCUT2D eigenvalue weighted by Gasteiger charge is 2.18. The third kappa shape index (κ3) is 3.32. The topological polar surface area (TPSA) is 0 Å². The van der Waals surface area contributed by atoms with E-state index in [0.717, 1.165) is 0 Å². The van der Waals surface area contributed by atoms with E-state index in [9.17, 15) is 0 Å². The average Bonchev–Trinajstić information content (AvgIpc) is 2.14. The second-order valence-corrected chi connectivity index (χ2v) is 5.34. The molecule has 0 amide bonds. The highest BCUT2D eigenvalue weighted by molar-refractivity contribution is 5.30. The van der Waals surface area contributed by atoms with Gasteiger partial charge in [-0.25, -0.2) is 0 Å². The van der Waals surface area contributed by atoms with Gasteiger partial charge in [0.1, 0.15) is 0 Å². The van der Waals surface area contributed by atoms with Gasteiger partial charge in [-0.2, -0.15) is 0 Å². The first-order valence-corrected chi connectivity index (χ1v) is 5.94. The van der Waals surface area contributed by atoms with E-state index in [4.69, 9.17) is 0 Å². The van der Waals surface area contributed by atoms with Crippen LogP contribution < -0.4 is 0 Å². The van der Waals surface area contributed by atoms with Gasteiger partial charge in [0.25, 0.3) is 0 Å². The maximum absolute atomic E-state index is 2.44. The predicted molar refractivity (Wildman–Crippen MR) is 64.4 cm³/mol. The monoisotopic (exact) mass is 192 g/mol. The molecule has 0 fully saturated rings.